The van der Waals surface area contributed by atoms with Gasteiger partial charge in [0.1, 0.15) is 17.3 Å². The number of nitrogens with one attached hydrogen (secondary N) is 2. The number of nitrogens with zero attached hydrogens (tertiary/aromatic N) is 5. The van der Waals surface area contributed by atoms with Gasteiger partial charge in [0.15, 0.2) is 5.65 Å². The quantitative estimate of drug-likeness (QED) is 0.367. The topological polar surface area (TPSA) is 77.8 Å². The largest absolute Gasteiger partial charge is 0.367 e. The third-order valence-electron chi connectivity index (χ3n) is 6.57. The molecule has 8 nitrogen and oxygen atoms in total. The van der Waals surface area contributed by atoms with Crippen LogP contribution in [0.1, 0.15) is 24.3 Å². The summed E-state index contributed by atoms with van der Waals surface area (Å²) in [5, 5.41) is 11.4. The van der Waals surface area contributed by atoms with Crippen molar-refractivity contribution in [2.75, 3.05) is 54.4 Å². The zero-order chi connectivity index (χ0) is 25.9. The lowest BCUT2D eigenvalue weighted by atomic mass is 10.1. The number of aromatic nitrogens is 3. The number of benzene rings is 2. The lowest BCUT2D eigenvalue weighted by Gasteiger charge is -2.31. The summed E-state index contributed by atoms with van der Waals surface area (Å²) in [5.41, 5.74) is 3.57. The van der Waals surface area contributed by atoms with Gasteiger partial charge in [0, 0.05) is 55.9 Å². The number of hydrogen-bond donors (Lipinski definition) is 2. The van der Waals surface area contributed by atoms with Gasteiger partial charge in [-0.05, 0) is 49.7 Å². The summed E-state index contributed by atoms with van der Waals surface area (Å²) < 4.78 is 16.0. The molecular formula is C27H29ClFN7O. The number of rotatable bonds is 7. The van der Waals surface area contributed by atoms with E-state index in [1.54, 1.807) is 28.9 Å². The summed E-state index contributed by atoms with van der Waals surface area (Å²) in [6.45, 7) is 8.72. The van der Waals surface area contributed by atoms with Crippen molar-refractivity contribution < 1.29 is 9.18 Å². The van der Waals surface area contributed by atoms with Crippen molar-refractivity contribution in [3.8, 4) is 11.1 Å². The molecule has 1 amide bonds. The Morgan fingerprint density at radius 3 is 2.65 bits per heavy atom. The second-order valence-electron chi connectivity index (χ2n) is 8.83. The van der Waals surface area contributed by atoms with E-state index in [2.05, 4.69) is 25.5 Å². The molecule has 0 bridgehead atoms. The third-order valence-corrected chi connectivity index (χ3v) is 6.81. The van der Waals surface area contributed by atoms with Gasteiger partial charge in [-0.1, -0.05) is 23.7 Å². The van der Waals surface area contributed by atoms with Crippen LogP contribution < -0.4 is 20.4 Å². The standard InChI is InChI=1S/C27H29ClFN7O/c1-3-34(4-2)25-16-23(32-26-21(17-31-36(25)26)18-6-5-7-19(28)14-18)27(37)33-22-15-20(29)8-9-24(22)35-12-10-30-11-13-35/h5-9,14-17,30H,3-4,10-13H2,1-2H3,(H,33,37). The molecular weight excluding hydrogens is 493 g/mol. The van der Waals surface area contributed by atoms with Gasteiger partial charge in [-0.3, -0.25) is 4.79 Å². The Morgan fingerprint density at radius 1 is 1.14 bits per heavy atom. The maximum absolute atomic E-state index is 14.2. The molecule has 3 heterocycles. The summed E-state index contributed by atoms with van der Waals surface area (Å²) in [4.78, 5) is 22.5. The van der Waals surface area contributed by atoms with Crippen LogP contribution in [0.4, 0.5) is 21.6 Å². The van der Waals surface area contributed by atoms with E-state index in [0.717, 1.165) is 61.9 Å². The Morgan fingerprint density at radius 2 is 1.92 bits per heavy atom. The Kier molecular flexibility index (Phi) is 7.25. The molecule has 1 fully saturated rings. The molecule has 0 unspecified atom stereocenters. The minimum atomic E-state index is -0.420. The lowest BCUT2D eigenvalue weighted by molar-refractivity contribution is 0.102. The molecule has 2 N–H and O–H groups in total. The van der Waals surface area contributed by atoms with Crippen molar-refractivity contribution in [3.63, 3.8) is 0 Å². The fourth-order valence-electron chi connectivity index (χ4n) is 4.67. The fraction of sp³-hybridized carbons (Fsp3) is 0.296. The van der Waals surface area contributed by atoms with Gasteiger partial charge in [0.25, 0.3) is 5.91 Å². The van der Waals surface area contributed by atoms with Crippen molar-refractivity contribution in [1.82, 2.24) is 19.9 Å². The van der Waals surface area contributed by atoms with Crippen LogP contribution in [0.2, 0.25) is 5.02 Å². The number of anilines is 3. The smallest absolute Gasteiger partial charge is 0.274 e. The summed E-state index contributed by atoms with van der Waals surface area (Å²) >= 11 is 6.24. The molecule has 37 heavy (non-hydrogen) atoms. The van der Waals surface area contributed by atoms with E-state index < -0.39 is 11.7 Å². The second-order valence-corrected chi connectivity index (χ2v) is 9.26. The molecule has 0 saturated carbocycles. The molecule has 0 aliphatic carbocycles. The highest BCUT2D eigenvalue weighted by Crippen LogP contribution is 2.31. The first-order valence-electron chi connectivity index (χ1n) is 12.4. The van der Waals surface area contributed by atoms with E-state index in [-0.39, 0.29) is 5.69 Å². The molecule has 1 aliphatic heterocycles. The Hall–Kier alpha value is -3.69. The summed E-state index contributed by atoms with van der Waals surface area (Å²) in [5.74, 6) is -0.0911. The molecule has 2 aromatic carbocycles. The van der Waals surface area contributed by atoms with E-state index in [4.69, 9.17) is 16.6 Å². The minimum Gasteiger partial charge on any atom is -0.367 e. The van der Waals surface area contributed by atoms with Crippen molar-refractivity contribution >= 4 is 40.3 Å². The van der Waals surface area contributed by atoms with Gasteiger partial charge in [-0.2, -0.15) is 9.61 Å². The lowest BCUT2D eigenvalue weighted by Crippen LogP contribution is -2.43. The van der Waals surface area contributed by atoms with E-state index in [0.29, 0.717) is 16.4 Å². The Balaban J connectivity index is 1.58. The Bertz CT molecular complexity index is 1430. The van der Waals surface area contributed by atoms with Crippen LogP contribution in [-0.4, -0.2) is 59.8 Å². The van der Waals surface area contributed by atoms with Crippen molar-refractivity contribution in [2.24, 2.45) is 0 Å². The first kappa shape index (κ1) is 25.0. The first-order chi connectivity index (χ1) is 18.0. The fourth-order valence-corrected chi connectivity index (χ4v) is 4.86. The van der Waals surface area contributed by atoms with Gasteiger partial charge in [-0.25, -0.2) is 9.37 Å². The van der Waals surface area contributed by atoms with Crippen LogP contribution in [-0.2, 0) is 0 Å². The molecule has 10 heteroatoms. The highest BCUT2D eigenvalue weighted by molar-refractivity contribution is 6.30. The van der Waals surface area contributed by atoms with Crippen molar-refractivity contribution in [2.45, 2.75) is 13.8 Å². The number of carbonyl (C=O) groups is 1. The summed E-state index contributed by atoms with van der Waals surface area (Å²) in [7, 11) is 0. The highest BCUT2D eigenvalue weighted by Gasteiger charge is 2.21. The minimum absolute atomic E-state index is 0.216. The van der Waals surface area contributed by atoms with Crippen LogP contribution in [0.25, 0.3) is 16.8 Å². The maximum atomic E-state index is 14.2. The number of fused-ring (bicyclic) bond motifs is 1. The van der Waals surface area contributed by atoms with Crippen molar-refractivity contribution in [3.05, 3.63) is 71.3 Å². The van der Waals surface area contributed by atoms with Crippen LogP contribution in [0.5, 0.6) is 0 Å². The van der Waals surface area contributed by atoms with Gasteiger partial charge in [0.2, 0.25) is 0 Å². The average Bonchev–Trinajstić information content (AvgIpc) is 3.34. The molecule has 1 saturated heterocycles. The van der Waals surface area contributed by atoms with E-state index in [9.17, 15) is 9.18 Å². The molecule has 0 atom stereocenters. The number of carbonyl (C=O) groups excluding carboxylic acids is 1. The average molecular weight is 522 g/mol. The molecule has 4 aromatic rings. The Labute approximate surface area is 220 Å². The predicted molar refractivity (Wildman–Crippen MR) is 146 cm³/mol. The van der Waals surface area contributed by atoms with E-state index >= 15 is 0 Å². The highest BCUT2D eigenvalue weighted by atomic mass is 35.5. The van der Waals surface area contributed by atoms with Gasteiger partial charge >= 0.3 is 0 Å². The summed E-state index contributed by atoms with van der Waals surface area (Å²) in [6, 6.07) is 13.7. The van der Waals surface area contributed by atoms with Gasteiger partial charge in [0.05, 0.1) is 17.6 Å². The van der Waals surface area contributed by atoms with Crippen LogP contribution in [0.15, 0.2) is 54.7 Å². The molecule has 2 aromatic heterocycles. The SMILES string of the molecule is CCN(CC)c1cc(C(=O)Nc2cc(F)ccc2N2CCNCC2)nc2c(-c3cccc(Cl)c3)cnn12. The maximum Gasteiger partial charge on any atom is 0.274 e. The molecule has 0 radical (unpaired) electrons. The second kappa shape index (κ2) is 10.7. The zero-order valence-corrected chi connectivity index (χ0v) is 21.6. The number of amides is 1. The third kappa shape index (κ3) is 5.10. The van der Waals surface area contributed by atoms with Gasteiger partial charge in [-0.15, -0.1) is 0 Å². The van der Waals surface area contributed by atoms with Crippen LogP contribution >= 0.6 is 11.6 Å². The molecule has 192 valence electrons. The molecule has 0 spiro atoms. The van der Waals surface area contributed by atoms with E-state index in [1.807, 2.05) is 32.0 Å². The number of piperazine rings is 1. The normalized spacial score (nSPS) is 13.7. The van der Waals surface area contributed by atoms with E-state index in [1.165, 1.54) is 12.1 Å². The zero-order valence-electron chi connectivity index (χ0n) is 20.8. The first-order valence-corrected chi connectivity index (χ1v) is 12.8. The number of hydrogen-bond acceptors (Lipinski definition) is 6. The van der Waals surface area contributed by atoms with Crippen LogP contribution in [0.3, 0.4) is 0 Å². The number of halogens is 2. The van der Waals surface area contributed by atoms with Crippen LogP contribution in [0, 0.1) is 5.82 Å². The van der Waals surface area contributed by atoms with Gasteiger partial charge < -0.3 is 20.4 Å². The predicted octanol–water partition coefficient (Wildman–Crippen LogP) is 4.70. The summed E-state index contributed by atoms with van der Waals surface area (Å²) in [6.07, 6.45) is 1.73. The van der Waals surface area contributed by atoms with Crippen molar-refractivity contribution in [1.29, 1.82) is 0 Å². The monoisotopic (exact) mass is 521 g/mol. The molecule has 5 rings (SSSR count). The molecule has 1 aliphatic rings.